The van der Waals surface area contributed by atoms with Crippen LogP contribution >= 0.6 is 0 Å². The molecule has 0 amide bonds. The van der Waals surface area contributed by atoms with Crippen LogP contribution in [0, 0.1) is 11.8 Å². The van der Waals surface area contributed by atoms with Crippen LogP contribution in [0.1, 0.15) is 53.9 Å². The third-order valence-electron chi connectivity index (χ3n) is 4.71. The van der Waals surface area contributed by atoms with Crippen molar-refractivity contribution in [3.8, 4) is 0 Å². The lowest BCUT2D eigenvalue weighted by molar-refractivity contribution is -0.150. The molecule has 1 aliphatic rings. The van der Waals surface area contributed by atoms with Crippen molar-refractivity contribution in [2.45, 2.75) is 59.4 Å². The molecule has 0 aliphatic carbocycles. The Kier molecular flexibility index (Phi) is 7.67. The summed E-state index contributed by atoms with van der Waals surface area (Å²) in [5, 5.41) is 3.38. The molecule has 0 aromatic heterocycles. The first-order valence-corrected chi connectivity index (χ1v) is 8.57. The molecule has 1 rings (SSSR count). The SMILES string of the molecule is CCCNC(C)(CCCN1CC(C)C(C)C1)C(=O)OCC. The molecular weight excluding hydrogens is 264 g/mol. The summed E-state index contributed by atoms with van der Waals surface area (Å²) in [6.07, 6.45) is 2.90. The Morgan fingerprint density at radius 2 is 1.90 bits per heavy atom. The van der Waals surface area contributed by atoms with Gasteiger partial charge in [0.15, 0.2) is 0 Å². The number of hydrogen-bond acceptors (Lipinski definition) is 4. The third-order valence-corrected chi connectivity index (χ3v) is 4.71. The number of nitrogens with zero attached hydrogens (tertiary/aromatic N) is 1. The van der Waals surface area contributed by atoms with Crippen LogP contribution in [0.4, 0.5) is 0 Å². The molecule has 124 valence electrons. The highest BCUT2D eigenvalue weighted by Crippen LogP contribution is 2.23. The molecule has 0 saturated carbocycles. The van der Waals surface area contributed by atoms with Crippen LogP contribution in [-0.4, -0.2) is 49.2 Å². The fourth-order valence-corrected chi connectivity index (χ4v) is 3.04. The lowest BCUT2D eigenvalue weighted by Crippen LogP contribution is -2.51. The van der Waals surface area contributed by atoms with Crippen molar-refractivity contribution in [1.82, 2.24) is 10.2 Å². The molecule has 1 saturated heterocycles. The summed E-state index contributed by atoms with van der Waals surface area (Å²) in [6, 6.07) is 0. The minimum Gasteiger partial charge on any atom is -0.465 e. The summed E-state index contributed by atoms with van der Waals surface area (Å²) in [7, 11) is 0. The summed E-state index contributed by atoms with van der Waals surface area (Å²) >= 11 is 0. The summed E-state index contributed by atoms with van der Waals surface area (Å²) < 4.78 is 5.25. The maximum Gasteiger partial charge on any atom is 0.326 e. The molecule has 4 nitrogen and oxygen atoms in total. The topological polar surface area (TPSA) is 41.6 Å². The average Bonchev–Trinajstić information content (AvgIpc) is 2.75. The van der Waals surface area contributed by atoms with Gasteiger partial charge in [0.05, 0.1) is 6.61 Å². The number of carbonyl (C=O) groups is 1. The molecule has 0 bridgehead atoms. The maximum absolute atomic E-state index is 12.2. The van der Waals surface area contributed by atoms with Crippen molar-refractivity contribution >= 4 is 5.97 Å². The van der Waals surface area contributed by atoms with Crippen LogP contribution in [0.15, 0.2) is 0 Å². The van der Waals surface area contributed by atoms with Gasteiger partial charge >= 0.3 is 5.97 Å². The molecule has 4 heteroatoms. The van der Waals surface area contributed by atoms with Crippen molar-refractivity contribution in [3.05, 3.63) is 0 Å². The van der Waals surface area contributed by atoms with Crippen molar-refractivity contribution in [2.24, 2.45) is 11.8 Å². The van der Waals surface area contributed by atoms with Crippen molar-refractivity contribution in [2.75, 3.05) is 32.8 Å². The second-order valence-electron chi connectivity index (χ2n) is 6.80. The molecule has 0 aromatic rings. The Bertz CT molecular complexity index is 312. The average molecular weight is 298 g/mol. The summed E-state index contributed by atoms with van der Waals surface area (Å²) in [6.45, 7) is 15.4. The quantitative estimate of drug-likeness (QED) is 0.665. The maximum atomic E-state index is 12.2. The van der Waals surface area contributed by atoms with E-state index in [0.717, 1.165) is 44.2 Å². The molecule has 1 N–H and O–H groups in total. The van der Waals surface area contributed by atoms with E-state index in [0.29, 0.717) is 6.61 Å². The van der Waals surface area contributed by atoms with E-state index in [-0.39, 0.29) is 5.97 Å². The largest absolute Gasteiger partial charge is 0.465 e. The molecule has 0 spiro atoms. The van der Waals surface area contributed by atoms with E-state index in [2.05, 4.69) is 31.0 Å². The van der Waals surface area contributed by atoms with Crippen LogP contribution in [0.5, 0.6) is 0 Å². The van der Waals surface area contributed by atoms with Crippen molar-refractivity contribution in [3.63, 3.8) is 0 Å². The summed E-state index contributed by atoms with van der Waals surface area (Å²) in [5.41, 5.74) is -0.539. The second kappa shape index (κ2) is 8.74. The standard InChI is InChI=1S/C17H34N2O2/c1-6-10-18-17(5,16(20)21-7-2)9-8-11-19-12-14(3)15(4)13-19/h14-15,18H,6-13H2,1-5H3. The van der Waals surface area contributed by atoms with Gasteiger partial charge in [-0.3, -0.25) is 4.79 Å². The normalized spacial score (nSPS) is 25.8. The fourth-order valence-electron chi connectivity index (χ4n) is 3.04. The van der Waals surface area contributed by atoms with E-state index in [4.69, 9.17) is 4.74 Å². The Morgan fingerprint density at radius 3 is 2.43 bits per heavy atom. The minimum atomic E-state index is -0.539. The lowest BCUT2D eigenvalue weighted by atomic mass is 9.95. The number of hydrogen-bond donors (Lipinski definition) is 1. The molecule has 1 heterocycles. The number of esters is 1. The first kappa shape index (κ1) is 18.4. The highest BCUT2D eigenvalue weighted by molar-refractivity contribution is 5.80. The van der Waals surface area contributed by atoms with E-state index >= 15 is 0 Å². The smallest absolute Gasteiger partial charge is 0.326 e. The summed E-state index contributed by atoms with van der Waals surface area (Å²) in [5.74, 6) is 1.47. The monoisotopic (exact) mass is 298 g/mol. The van der Waals surface area contributed by atoms with Crippen LogP contribution < -0.4 is 5.32 Å². The third kappa shape index (κ3) is 5.59. The zero-order valence-electron chi connectivity index (χ0n) is 14.6. The summed E-state index contributed by atoms with van der Waals surface area (Å²) in [4.78, 5) is 14.7. The Balaban J connectivity index is 2.44. The van der Waals surface area contributed by atoms with E-state index in [9.17, 15) is 4.79 Å². The molecule has 3 unspecified atom stereocenters. The van der Waals surface area contributed by atoms with Crippen molar-refractivity contribution in [1.29, 1.82) is 0 Å². The molecule has 0 radical (unpaired) electrons. The highest BCUT2D eigenvalue weighted by Gasteiger charge is 2.34. The Labute approximate surface area is 130 Å². The van der Waals surface area contributed by atoms with Crippen molar-refractivity contribution < 1.29 is 9.53 Å². The predicted molar refractivity (Wildman–Crippen MR) is 87.3 cm³/mol. The number of carbonyl (C=O) groups excluding carboxylic acids is 1. The number of rotatable bonds is 9. The van der Waals surface area contributed by atoms with Gasteiger partial charge in [-0.25, -0.2) is 0 Å². The van der Waals surface area contributed by atoms with E-state index in [1.54, 1.807) is 0 Å². The second-order valence-corrected chi connectivity index (χ2v) is 6.80. The molecule has 0 aromatic carbocycles. The van der Waals surface area contributed by atoms with Gasteiger partial charge in [0.2, 0.25) is 0 Å². The minimum absolute atomic E-state index is 0.110. The van der Waals surface area contributed by atoms with E-state index in [1.165, 1.54) is 13.1 Å². The van der Waals surface area contributed by atoms with Gasteiger partial charge in [-0.15, -0.1) is 0 Å². The Morgan fingerprint density at radius 1 is 1.29 bits per heavy atom. The molecule has 1 aliphatic heterocycles. The first-order valence-electron chi connectivity index (χ1n) is 8.57. The molecular formula is C17H34N2O2. The van der Waals surface area contributed by atoms with Gasteiger partial charge in [-0.1, -0.05) is 20.8 Å². The van der Waals surface area contributed by atoms with Gasteiger partial charge in [0, 0.05) is 13.1 Å². The van der Waals surface area contributed by atoms with Gasteiger partial charge < -0.3 is 15.0 Å². The lowest BCUT2D eigenvalue weighted by Gasteiger charge is -2.29. The van der Waals surface area contributed by atoms with Crippen LogP contribution in [-0.2, 0) is 9.53 Å². The zero-order valence-corrected chi connectivity index (χ0v) is 14.6. The van der Waals surface area contributed by atoms with Gasteiger partial charge in [0.25, 0.3) is 0 Å². The first-order chi connectivity index (χ1) is 9.92. The number of nitrogens with one attached hydrogen (secondary N) is 1. The Hall–Kier alpha value is -0.610. The zero-order chi connectivity index (χ0) is 15.9. The van der Waals surface area contributed by atoms with Gasteiger partial charge in [-0.05, 0) is 58.0 Å². The van der Waals surface area contributed by atoms with Crippen LogP contribution in [0.25, 0.3) is 0 Å². The van der Waals surface area contributed by atoms with Gasteiger partial charge in [-0.2, -0.15) is 0 Å². The van der Waals surface area contributed by atoms with Crippen LogP contribution in [0.2, 0.25) is 0 Å². The number of likely N-dealkylation sites (tertiary alicyclic amines) is 1. The fraction of sp³-hybridized carbons (Fsp3) is 0.941. The number of ether oxygens (including phenoxy) is 1. The van der Waals surface area contributed by atoms with Crippen LogP contribution in [0.3, 0.4) is 0 Å². The van der Waals surface area contributed by atoms with Gasteiger partial charge in [0.1, 0.15) is 5.54 Å². The highest BCUT2D eigenvalue weighted by atomic mass is 16.5. The molecule has 1 fully saturated rings. The van der Waals surface area contributed by atoms with E-state index < -0.39 is 5.54 Å². The predicted octanol–water partition coefficient (Wildman–Crippen LogP) is 2.68. The molecule has 21 heavy (non-hydrogen) atoms. The van der Waals surface area contributed by atoms with E-state index in [1.807, 2.05) is 13.8 Å². The molecule has 3 atom stereocenters.